The van der Waals surface area contributed by atoms with Crippen molar-refractivity contribution in [2.45, 2.75) is 36.9 Å². The van der Waals surface area contributed by atoms with E-state index in [1.54, 1.807) is 12.1 Å². The van der Waals surface area contributed by atoms with Gasteiger partial charge in [0.15, 0.2) is 0 Å². The Morgan fingerprint density at radius 3 is 2.41 bits per heavy atom. The summed E-state index contributed by atoms with van der Waals surface area (Å²) in [5, 5.41) is 7.99. The van der Waals surface area contributed by atoms with Crippen LogP contribution in [-0.4, -0.2) is 63.0 Å². The van der Waals surface area contributed by atoms with Crippen LogP contribution < -0.4 is 15.4 Å². The molecule has 1 fully saturated rings. The molecule has 1 aromatic heterocycles. The first-order chi connectivity index (χ1) is 15.9. The molecule has 1 aromatic carbocycles. The Morgan fingerprint density at radius 2 is 1.82 bits per heavy atom. The smallest absolute Gasteiger partial charge is 0.355 e. The van der Waals surface area contributed by atoms with Crippen LogP contribution in [0.4, 0.5) is 19.0 Å². The molecule has 1 amide bonds. The number of rotatable bonds is 7. The average Bonchev–Trinajstić information content (AvgIpc) is 3.04. The van der Waals surface area contributed by atoms with E-state index in [-0.39, 0.29) is 16.8 Å². The van der Waals surface area contributed by atoms with Crippen LogP contribution in [0.1, 0.15) is 24.5 Å². The van der Waals surface area contributed by atoms with E-state index in [1.807, 2.05) is 16.7 Å². The van der Waals surface area contributed by atoms with Crippen LogP contribution in [0.25, 0.3) is 0 Å². The summed E-state index contributed by atoms with van der Waals surface area (Å²) in [7, 11) is -3.74. The number of pyridine rings is 1. The maximum atomic E-state index is 12.8. The average molecular weight is 500 g/mol. The van der Waals surface area contributed by atoms with Crippen LogP contribution in [0.2, 0.25) is 0 Å². The second-order valence-electron chi connectivity index (χ2n) is 8.19. The fraction of sp³-hybridized carbons (Fsp3) is 0.455. The largest absolute Gasteiger partial charge is 0.417 e. The molecule has 1 aliphatic rings. The summed E-state index contributed by atoms with van der Waals surface area (Å²) >= 11 is 0. The number of alkyl halides is 3. The number of halogens is 3. The van der Waals surface area contributed by atoms with Gasteiger partial charge in [0.25, 0.3) is 0 Å². The Kier molecular flexibility index (Phi) is 8.16. The van der Waals surface area contributed by atoms with Crippen LogP contribution in [0.5, 0.6) is 0 Å². The highest BCUT2D eigenvalue weighted by atomic mass is 32.2. The van der Waals surface area contributed by atoms with E-state index in [2.05, 4.69) is 10.3 Å². The standard InChI is InChI=1S/C22H28F3N5O3S/c1-16(21(31)27-10-9-17-3-6-19(7-4-17)34(26,32)33)29-11-2-12-30(14-13-29)20-8-5-18(15-28-20)22(23,24)25/h3-8,15-16H,2,9-14H2,1H3,(H,27,31)(H2,26,32,33)/t16-/m1/s1. The maximum Gasteiger partial charge on any atom is 0.417 e. The summed E-state index contributed by atoms with van der Waals surface area (Å²) in [6, 6.07) is 8.23. The molecule has 3 rings (SSSR count). The number of sulfonamides is 1. The van der Waals surface area contributed by atoms with Gasteiger partial charge in [0.05, 0.1) is 16.5 Å². The number of hydrogen-bond acceptors (Lipinski definition) is 6. The number of nitrogens with one attached hydrogen (secondary N) is 1. The molecule has 0 aliphatic carbocycles. The van der Waals surface area contributed by atoms with Crippen LogP contribution >= 0.6 is 0 Å². The summed E-state index contributed by atoms with van der Waals surface area (Å²) < 4.78 is 60.9. The topological polar surface area (TPSA) is 109 Å². The zero-order valence-electron chi connectivity index (χ0n) is 18.8. The van der Waals surface area contributed by atoms with Gasteiger partial charge >= 0.3 is 6.18 Å². The van der Waals surface area contributed by atoms with E-state index in [9.17, 15) is 26.4 Å². The van der Waals surface area contributed by atoms with E-state index in [0.29, 0.717) is 45.0 Å². The van der Waals surface area contributed by atoms with E-state index in [4.69, 9.17) is 5.14 Å². The first-order valence-corrected chi connectivity index (χ1v) is 12.4. The van der Waals surface area contributed by atoms with Crippen molar-refractivity contribution >= 4 is 21.7 Å². The molecule has 0 saturated carbocycles. The highest BCUT2D eigenvalue weighted by molar-refractivity contribution is 7.89. The Morgan fingerprint density at radius 1 is 1.12 bits per heavy atom. The highest BCUT2D eigenvalue weighted by Gasteiger charge is 2.31. The molecular weight excluding hydrogens is 471 g/mol. The van der Waals surface area contributed by atoms with Crippen molar-refractivity contribution in [2.24, 2.45) is 5.14 Å². The first-order valence-electron chi connectivity index (χ1n) is 10.9. The predicted octanol–water partition coefficient (Wildman–Crippen LogP) is 2.01. The lowest BCUT2D eigenvalue weighted by Gasteiger charge is -2.27. The van der Waals surface area contributed by atoms with Gasteiger partial charge in [-0.2, -0.15) is 13.2 Å². The van der Waals surface area contributed by atoms with E-state index >= 15 is 0 Å². The number of carbonyl (C=O) groups is 1. The Labute approximate surface area is 197 Å². The van der Waals surface area contributed by atoms with Gasteiger partial charge in [-0.05, 0) is 49.6 Å². The lowest BCUT2D eigenvalue weighted by atomic mass is 10.1. The van der Waals surface area contributed by atoms with Crippen molar-refractivity contribution in [2.75, 3.05) is 37.6 Å². The molecule has 186 valence electrons. The number of carbonyl (C=O) groups excluding carboxylic acids is 1. The van der Waals surface area contributed by atoms with Crippen LogP contribution in [0.3, 0.4) is 0 Å². The lowest BCUT2D eigenvalue weighted by molar-refractivity contribution is -0.137. The Bertz CT molecular complexity index is 1080. The third-order valence-electron chi connectivity index (χ3n) is 5.82. The summed E-state index contributed by atoms with van der Waals surface area (Å²) in [5.41, 5.74) is 0.0909. The van der Waals surface area contributed by atoms with Gasteiger partial charge in [0.2, 0.25) is 15.9 Å². The third-order valence-corrected chi connectivity index (χ3v) is 6.75. The highest BCUT2D eigenvalue weighted by Crippen LogP contribution is 2.29. The number of nitrogens with zero attached hydrogens (tertiary/aromatic N) is 3. The van der Waals surface area contributed by atoms with E-state index in [1.165, 1.54) is 18.2 Å². The van der Waals surface area contributed by atoms with Crippen LogP contribution in [-0.2, 0) is 27.4 Å². The van der Waals surface area contributed by atoms with Crippen LogP contribution in [0, 0.1) is 0 Å². The molecule has 34 heavy (non-hydrogen) atoms. The van der Waals surface area contributed by atoms with Gasteiger partial charge < -0.3 is 10.2 Å². The fourth-order valence-corrected chi connectivity index (χ4v) is 4.30. The minimum Gasteiger partial charge on any atom is -0.355 e. The van der Waals surface area contributed by atoms with Gasteiger partial charge in [-0.25, -0.2) is 18.5 Å². The zero-order valence-corrected chi connectivity index (χ0v) is 19.6. The number of amides is 1. The molecule has 8 nitrogen and oxygen atoms in total. The summed E-state index contributed by atoms with van der Waals surface area (Å²) in [5.74, 6) is 0.364. The minimum atomic E-state index is -4.42. The Balaban J connectivity index is 1.48. The van der Waals surface area contributed by atoms with Crippen molar-refractivity contribution in [1.82, 2.24) is 15.2 Å². The first kappa shape index (κ1) is 25.9. The molecule has 12 heteroatoms. The summed E-state index contributed by atoms with van der Waals surface area (Å²) in [6.07, 6.45) is -2.29. The van der Waals surface area contributed by atoms with Gasteiger partial charge in [0.1, 0.15) is 5.82 Å². The summed E-state index contributed by atoms with van der Waals surface area (Å²) in [4.78, 5) is 20.6. The van der Waals surface area contributed by atoms with Crippen molar-refractivity contribution < 1.29 is 26.4 Å². The molecule has 0 spiro atoms. The SMILES string of the molecule is C[C@H](C(=O)NCCc1ccc(S(N)(=O)=O)cc1)N1CCCN(c2ccc(C(F)(F)F)cn2)CC1. The van der Waals surface area contributed by atoms with Crippen molar-refractivity contribution in [3.8, 4) is 0 Å². The van der Waals surface area contributed by atoms with E-state index in [0.717, 1.165) is 24.2 Å². The molecule has 0 radical (unpaired) electrons. The predicted molar refractivity (Wildman–Crippen MR) is 122 cm³/mol. The van der Waals surface area contributed by atoms with Crippen molar-refractivity contribution in [3.63, 3.8) is 0 Å². The van der Waals surface area contributed by atoms with Crippen LogP contribution in [0.15, 0.2) is 47.5 Å². The Hall–Kier alpha value is -2.70. The number of primary sulfonamides is 1. The minimum absolute atomic E-state index is 0.0376. The van der Waals surface area contributed by atoms with E-state index < -0.39 is 21.8 Å². The van der Waals surface area contributed by atoms with Gasteiger partial charge in [-0.1, -0.05) is 12.1 Å². The normalized spacial score (nSPS) is 16.7. The molecule has 1 aliphatic heterocycles. The second kappa shape index (κ2) is 10.7. The van der Waals surface area contributed by atoms with Crippen molar-refractivity contribution in [3.05, 3.63) is 53.7 Å². The number of aromatic nitrogens is 1. The third kappa shape index (κ3) is 6.90. The number of anilines is 1. The van der Waals surface area contributed by atoms with Crippen molar-refractivity contribution in [1.29, 1.82) is 0 Å². The molecule has 3 N–H and O–H groups in total. The molecular formula is C22H28F3N5O3S. The monoisotopic (exact) mass is 499 g/mol. The quantitative estimate of drug-likeness (QED) is 0.603. The molecule has 0 unspecified atom stereocenters. The van der Waals surface area contributed by atoms with Gasteiger partial charge in [-0.15, -0.1) is 0 Å². The molecule has 0 bridgehead atoms. The van der Waals surface area contributed by atoms with Gasteiger partial charge in [0, 0.05) is 38.9 Å². The second-order valence-corrected chi connectivity index (χ2v) is 9.75. The number of hydrogen-bond donors (Lipinski definition) is 2. The lowest BCUT2D eigenvalue weighted by Crippen LogP contribution is -2.47. The molecule has 2 heterocycles. The maximum absolute atomic E-state index is 12.8. The van der Waals surface area contributed by atoms with Gasteiger partial charge in [-0.3, -0.25) is 9.69 Å². The molecule has 1 atom stereocenters. The number of nitrogens with two attached hydrogens (primary N) is 1. The molecule has 2 aromatic rings. The fourth-order valence-electron chi connectivity index (χ4n) is 3.78. The summed E-state index contributed by atoms with van der Waals surface area (Å²) in [6.45, 7) is 4.66. The zero-order chi connectivity index (χ0) is 24.9. The number of benzene rings is 1. The molecule has 1 saturated heterocycles.